The van der Waals surface area contributed by atoms with Crippen LogP contribution in [0.4, 0.5) is 0 Å². The fourth-order valence-electron chi connectivity index (χ4n) is 3.77. The van der Waals surface area contributed by atoms with Crippen LogP contribution in [0.5, 0.6) is 0 Å². The summed E-state index contributed by atoms with van der Waals surface area (Å²) >= 11 is 0. The highest BCUT2D eigenvalue weighted by atomic mass is 127. The molecule has 1 saturated carbocycles. The zero-order valence-electron chi connectivity index (χ0n) is 13.5. The summed E-state index contributed by atoms with van der Waals surface area (Å²) in [4.78, 5) is 4.64. The summed E-state index contributed by atoms with van der Waals surface area (Å²) in [7, 11) is 0. The van der Waals surface area contributed by atoms with Gasteiger partial charge in [0.15, 0.2) is 5.96 Å². The number of halogens is 1. The maximum Gasteiger partial charge on any atom is 0.188 e. The molecule has 1 aromatic rings. The number of aliphatic imine (C=N–C) groups is 1. The first-order chi connectivity index (χ1) is 10.1. The van der Waals surface area contributed by atoms with Gasteiger partial charge in [-0.3, -0.25) is 4.99 Å². The Hall–Kier alpha value is -0.780. The molecule has 22 heavy (non-hydrogen) atoms. The first-order valence-electron chi connectivity index (χ1n) is 8.28. The minimum absolute atomic E-state index is 0. The van der Waals surface area contributed by atoms with E-state index >= 15 is 0 Å². The topological polar surface area (TPSA) is 50.4 Å². The highest BCUT2D eigenvalue weighted by Crippen LogP contribution is 2.36. The molecule has 3 rings (SSSR count). The van der Waals surface area contributed by atoms with Crippen molar-refractivity contribution in [2.45, 2.75) is 57.9 Å². The van der Waals surface area contributed by atoms with Crippen molar-refractivity contribution in [3.8, 4) is 0 Å². The summed E-state index contributed by atoms with van der Waals surface area (Å²) in [5, 5.41) is 3.41. The van der Waals surface area contributed by atoms with E-state index in [0.717, 1.165) is 19.4 Å². The largest absolute Gasteiger partial charge is 0.370 e. The molecule has 2 aliphatic rings. The van der Waals surface area contributed by atoms with Crippen molar-refractivity contribution in [2.24, 2.45) is 16.1 Å². The maximum atomic E-state index is 6.09. The van der Waals surface area contributed by atoms with Gasteiger partial charge in [0.25, 0.3) is 0 Å². The van der Waals surface area contributed by atoms with E-state index < -0.39 is 0 Å². The zero-order valence-corrected chi connectivity index (χ0v) is 15.8. The van der Waals surface area contributed by atoms with Crippen LogP contribution in [-0.2, 0) is 12.8 Å². The average molecular weight is 413 g/mol. The van der Waals surface area contributed by atoms with E-state index in [-0.39, 0.29) is 29.4 Å². The summed E-state index contributed by atoms with van der Waals surface area (Å²) in [5.41, 5.74) is 9.27. The lowest BCUT2D eigenvalue weighted by atomic mass is 9.87. The monoisotopic (exact) mass is 413 g/mol. The molecule has 3 nitrogen and oxygen atoms in total. The smallest absolute Gasteiger partial charge is 0.188 e. The summed E-state index contributed by atoms with van der Waals surface area (Å²) in [6.07, 6.45) is 8.70. The number of nitrogens with zero attached hydrogens (tertiary/aromatic N) is 1. The van der Waals surface area contributed by atoms with E-state index in [9.17, 15) is 0 Å². The van der Waals surface area contributed by atoms with Crippen LogP contribution in [0.1, 0.15) is 50.2 Å². The minimum Gasteiger partial charge on any atom is -0.370 e. The molecule has 0 aliphatic heterocycles. The van der Waals surface area contributed by atoms with Crippen molar-refractivity contribution in [1.29, 1.82) is 0 Å². The van der Waals surface area contributed by atoms with Gasteiger partial charge in [-0.05, 0) is 42.2 Å². The van der Waals surface area contributed by atoms with Crippen molar-refractivity contribution in [1.82, 2.24) is 5.32 Å². The Morgan fingerprint density at radius 2 is 1.77 bits per heavy atom. The van der Waals surface area contributed by atoms with Gasteiger partial charge in [-0.1, -0.05) is 50.5 Å². The van der Waals surface area contributed by atoms with Gasteiger partial charge in [0.05, 0.1) is 0 Å². The number of nitrogens with one attached hydrogen (secondary N) is 1. The van der Waals surface area contributed by atoms with Crippen molar-refractivity contribution >= 4 is 29.9 Å². The fraction of sp³-hybridized carbons (Fsp3) is 0.611. The molecule has 0 heterocycles. The second kappa shape index (κ2) is 7.66. The Morgan fingerprint density at radius 1 is 1.18 bits per heavy atom. The van der Waals surface area contributed by atoms with Crippen LogP contribution >= 0.6 is 24.0 Å². The van der Waals surface area contributed by atoms with Crippen LogP contribution in [0.15, 0.2) is 29.3 Å². The maximum absolute atomic E-state index is 6.09. The van der Waals surface area contributed by atoms with Gasteiger partial charge in [0.1, 0.15) is 0 Å². The molecule has 4 heteroatoms. The molecular formula is C18H28IN3. The van der Waals surface area contributed by atoms with Crippen LogP contribution in [0.2, 0.25) is 0 Å². The molecule has 0 radical (unpaired) electrons. The summed E-state index contributed by atoms with van der Waals surface area (Å²) < 4.78 is 0. The number of hydrogen-bond donors (Lipinski definition) is 2. The molecule has 0 spiro atoms. The molecular weight excluding hydrogens is 385 g/mol. The number of fused-ring (bicyclic) bond motifs is 1. The van der Waals surface area contributed by atoms with Gasteiger partial charge in [-0.25, -0.2) is 0 Å². The van der Waals surface area contributed by atoms with E-state index in [4.69, 9.17) is 5.73 Å². The van der Waals surface area contributed by atoms with E-state index in [1.54, 1.807) is 0 Å². The highest BCUT2D eigenvalue weighted by molar-refractivity contribution is 14.0. The van der Waals surface area contributed by atoms with Crippen molar-refractivity contribution in [3.05, 3.63) is 35.4 Å². The number of nitrogens with two attached hydrogens (primary N) is 1. The number of benzene rings is 1. The molecule has 3 N–H and O–H groups in total. The summed E-state index contributed by atoms with van der Waals surface area (Å²) in [6, 6.07) is 9.29. The lowest BCUT2D eigenvalue weighted by molar-refractivity contribution is 0.358. The van der Waals surface area contributed by atoms with Crippen LogP contribution in [0, 0.1) is 5.41 Å². The predicted octanol–water partition coefficient (Wildman–Crippen LogP) is 3.65. The summed E-state index contributed by atoms with van der Waals surface area (Å²) in [5.74, 6) is 0.638. The van der Waals surface area contributed by atoms with Crippen LogP contribution in [0.3, 0.4) is 0 Å². The molecule has 2 aliphatic carbocycles. The van der Waals surface area contributed by atoms with E-state index in [1.807, 2.05) is 0 Å². The molecule has 0 amide bonds. The first-order valence-corrected chi connectivity index (χ1v) is 8.28. The molecule has 0 atom stereocenters. The highest BCUT2D eigenvalue weighted by Gasteiger charge is 2.32. The number of hydrogen-bond acceptors (Lipinski definition) is 1. The Morgan fingerprint density at radius 3 is 2.36 bits per heavy atom. The molecule has 1 aromatic carbocycles. The Labute approximate surface area is 151 Å². The van der Waals surface area contributed by atoms with E-state index in [2.05, 4.69) is 41.5 Å². The fourth-order valence-corrected chi connectivity index (χ4v) is 3.77. The molecule has 0 aromatic heterocycles. The van der Waals surface area contributed by atoms with Gasteiger partial charge in [0.2, 0.25) is 0 Å². The van der Waals surface area contributed by atoms with Crippen LogP contribution < -0.4 is 11.1 Å². The molecule has 1 fully saturated rings. The average Bonchev–Trinajstić information content (AvgIpc) is 2.83. The molecule has 0 bridgehead atoms. The van der Waals surface area contributed by atoms with Crippen molar-refractivity contribution < 1.29 is 0 Å². The Kier molecular flexibility index (Phi) is 6.12. The minimum atomic E-state index is 0. The lowest BCUT2D eigenvalue weighted by Crippen LogP contribution is -2.41. The predicted molar refractivity (Wildman–Crippen MR) is 104 cm³/mol. The third kappa shape index (κ3) is 4.37. The molecule has 122 valence electrons. The number of rotatable bonds is 3. The van der Waals surface area contributed by atoms with Gasteiger partial charge < -0.3 is 11.1 Å². The van der Waals surface area contributed by atoms with Gasteiger partial charge >= 0.3 is 0 Å². The Balaban J connectivity index is 0.00000176. The molecule has 0 unspecified atom stereocenters. The third-order valence-electron chi connectivity index (χ3n) is 4.94. The Bertz CT molecular complexity index is 496. The normalized spacial score (nSPS) is 21.0. The van der Waals surface area contributed by atoms with Crippen LogP contribution in [0.25, 0.3) is 0 Å². The zero-order chi connectivity index (χ0) is 14.7. The quantitative estimate of drug-likeness (QED) is 0.452. The molecule has 0 saturated heterocycles. The lowest BCUT2D eigenvalue weighted by Gasteiger charge is -2.25. The number of guanidine groups is 1. The second-order valence-electron chi connectivity index (χ2n) is 7.11. The van der Waals surface area contributed by atoms with Gasteiger partial charge in [-0.2, -0.15) is 0 Å². The summed E-state index contributed by atoms with van der Waals surface area (Å²) in [6.45, 7) is 3.14. The third-order valence-corrected chi connectivity index (χ3v) is 4.94. The standard InChI is InChI=1S/C18H27N3.HI/c1-18(11-14-7-5-6-8-15(14)12-18)13-20-17(19)21-16-9-3-2-4-10-16;/h5-8,16H,2-4,9-13H2,1H3,(H3,19,20,21);1H. The van der Waals surface area contributed by atoms with Crippen molar-refractivity contribution in [3.63, 3.8) is 0 Å². The van der Waals surface area contributed by atoms with Gasteiger partial charge in [0, 0.05) is 12.6 Å². The first kappa shape index (κ1) is 17.6. The van der Waals surface area contributed by atoms with Crippen molar-refractivity contribution in [2.75, 3.05) is 6.54 Å². The SMILES string of the molecule is CC1(CN=C(N)NC2CCCCC2)Cc2ccccc2C1.I. The van der Waals surface area contributed by atoms with E-state index in [0.29, 0.717) is 12.0 Å². The van der Waals surface area contributed by atoms with Gasteiger partial charge in [-0.15, -0.1) is 24.0 Å². The van der Waals surface area contributed by atoms with E-state index in [1.165, 1.54) is 43.2 Å². The second-order valence-corrected chi connectivity index (χ2v) is 7.11. The van der Waals surface area contributed by atoms with Crippen LogP contribution in [-0.4, -0.2) is 18.5 Å².